The molecule has 1 aliphatic heterocycles. The molecule has 0 aliphatic carbocycles. The summed E-state index contributed by atoms with van der Waals surface area (Å²) < 4.78 is 5.09. The third kappa shape index (κ3) is 5.51. The van der Waals surface area contributed by atoms with Gasteiger partial charge in [0.1, 0.15) is 5.82 Å². The molecule has 3 rings (SSSR count). The third-order valence-corrected chi connectivity index (χ3v) is 5.64. The van der Waals surface area contributed by atoms with Crippen LogP contribution in [0.3, 0.4) is 0 Å². The summed E-state index contributed by atoms with van der Waals surface area (Å²) >= 11 is 5.83. The van der Waals surface area contributed by atoms with Crippen molar-refractivity contribution in [2.75, 3.05) is 31.6 Å². The standard InChI is InChI=1S/C22H27ClN4O4/c1-4-31-22(30)19-13(2)20(25-14(19)3)17(28)12-27-9-5-6-15(11-27)21(29)26-18-8-7-16(23)10-24-18/h7-8,10,15,25H,4-6,9,11-12H2,1-3H3,(H,24,26,29). The maximum atomic E-state index is 12.9. The topological polar surface area (TPSA) is 104 Å². The van der Waals surface area contributed by atoms with Gasteiger partial charge in [-0.2, -0.15) is 0 Å². The fourth-order valence-electron chi connectivity index (χ4n) is 3.91. The van der Waals surface area contributed by atoms with E-state index in [1.165, 1.54) is 6.20 Å². The molecule has 31 heavy (non-hydrogen) atoms. The van der Waals surface area contributed by atoms with Crippen LogP contribution in [0, 0.1) is 19.8 Å². The number of hydrogen-bond acceptors (Lipinski definition) is 6. The summed E-state index contributed by atoms with van der Waals surface area (Å²) in [6.45, 7) is 6.90. The van der Waals surface area contributed by atoms with E-state index in [-0.39, 0.29) is 30.8 Å². The van der Waals surface area contributed by atoms with Crippen molar-refractivity contribution in [3.8, 4) is 0 Å². The van der Waals surface area contributed by atoms with Gasteiger partial charge in [0.15, 0.2) is 5.78 Å². The lowest BCUT2D eigenvalue weighted by atomic mass is 9.96. The number of carbonyl (C=O) groups excluding carboxylic acids is 3. The molecule has 0 spiro atoms. The number of esters is 1. The van der Waals surface area contributed by atoms with Gasteiger partial charge < -0.3 is 15.0 Å². The highest BCUT2D eigenvalue weighted by Crippen LogP contribution is 2.22. The quantitative estimate of drug-likeness (QED) is 0.499. The molecule has 9 heteroatoms. The predicted molar refractivity (Wildman–Crippen MR) is 118 cm³/mol. The average Bonchev–Trinajstić information content (AvgIpc) is 3.04. The number of aryl methyl sites for hydroxylation is 1. The number of ketones is 1. The van der Waals surface area contributed by atoms with Crippen molar-refractivity contribution in [2.24, 2.45) is 5.92 Å². The molecule has 1 saturated heterocycles. The number of amides is 1. The highest BCUT2D eigenvalue weighted by molar-refractivity contribution is 6.30. The van der Waals surface area contributed by atoms with E-state index in [9.17, 15) is 14.4 Å². The number of carbonyl (C=O) groups is 3. The van der Waals surface area contributed by atoms with E-state index in [4.69, 9.17) is 16.3 Å². The summed E-state index contributed by atoms with van der Waals surface area (Å²) in [6.07, 6.45) is 3.04. The summed E-state index contributed by atoms with van der Waals surface area (Å²) in [6, 6.07) is 3.32. The highest BCUT2D eigenvalue weighted by Gasteiger charge is 2.29. The number of Topliss-reactive ketones (excluding diaryl/α,β-unsaturated/α-hetero) is 1. The van der Waals surface area contributed by atoms with Crippen molar-refractivity contribution in [1.82, 2.24) is 14.9 Å². The van der Waals surface area contributed by atoms with Gasteiger partial charge in [0.25, 0.3) is 0 Å². The van der Waals surface area contributed by atoms with Crippen LogP contribution in [0.4, 0.5) is 5.82 Å². The zero-order valence-corrected chi connectivity index (χ0v) is 18.7. The lowest BCUT2D eigenvalue weighted by Crippen LogP contribution is -2.43. The Labute approximate surface area is 186 Å². The molecule has 0 saturated carbocycles. The summed E-state index contributed by atoms with van der Waals surface area (Å²) in [7, 11) is 0. The number of H-pyrrole nitrogens is 1. The summed E-state index contributed by atoms with van der Waals surface area (Å²) in [4.78, 5) is 46.9. The number of piperidine rings is 1. The summed E-state index contributed by atoms with van der Waals surface area (Å²) in [5, 5.41) is 3.31. The van der Waals surface area contributed by atoms with Gasteiger partial charge in [-0.25, -0.2) is 9.78 Å². The SMILES string of the molecule is CCOC(=O)c1c(C)[nH]c(C(=O)CN2CCCC(C(=O)Nc3ccc(Cl)cn3)C2)c1C. The minimum atomic E-state index is -0.432. The lowest BCUT2D eigenvalue weighted by molar-refractivity contribution is -0.121. The number of likely N-dealkylation sites (tertiary alicyclic amines) is 1. The van der Waals surface area contributed by atoms with Crippen molar-refractivity contribution in [3.05, 3.63) is 45.9 Å². The van der Waals surface area contributed by atoms with Crippen LogP contribution in [0.1, 0.15) is 51.9 Å². The molecule has 1 unspecified atom stereocenters. The van der Waals surface area contributed by atoms with Gasteiger partial charge in [0.05, 0.1) is 35.3 Å². The van der Waals surface area contributed by atoms with Gasteiger partial charge in [0.2, 0.25) is 5.91 Å². The number of aromatic nitrogens is 2. The first-order valence-electron chi connectivity index (χ1n) is 10.3. The summed E-state index contributed by atoms with van der Waals surface area (Å²) in [5.74, 6) is -0.453. The van der Waals surface area contributed by atoms with E-state index in [2.05, 4.69) is 15.3 Å². The molecule has 1 amide bonds. The average molecular weight is 447 g/mol. The first kappa shape index (κ1) is 23.0. The largest absolute Gasteiger partial charge is 0.462 e. The van der Waals surface area contributed by atoms with Crippen molar-refractivity contribution in [2.45, 2.75) is 33.6 Å². The fraction of sp³-hybridized carbons (Fsp3) is 0.455. The van der Waals surface area contributed by atoms with Gasteiger partial charge in [0, 0.05) is 18.4 Å². The van der Waals surface area contributed by atoms with Gasteiger partial charge >= 0.3 is 5.97 Å². The Kier molecular flexibility index (Phi) is 7.46. The van der Waals surface area contributed by atoms with Gasteiger partial charge in [-0.15, -0.1) is 0 Å². The molecule has 2 N–H and O–H groups in total. The second-order valence-corrected chi connectivity index (χ2v) is 8.13. The first-order valence-corrected chi connectivity index (χ1v) is 10.7. The van der Waals surface area contributed by atoms with E-state index in [0.29, 0.717) is 39.9 Å². The van der Waals surface area contributed by atoms with Crippen LogP contribution in [-0.2, 0) is 9.53 Å². The van der Waals surface area contributed by atoms with Crippen molar-refractivity contribution < 1.29 is 19.1 Å². The van der Waals surface area contributed by atoms with E-state index in [1.807, 2.05) is 4.90 Å². The van der Waals surface area contributed by atoms with Crippen LogP contribution in [0.5, 0.6) is 0 Å². The molecule has 1 atom stereocenters. The number of hydrogen-bond donors (Lipinski definition) is 2. The minimum Gasteiger partial charge on any atom is -0.462 e. The maximum Gasteiger partial charge on any atom is 0.340 e. The van der Waals surface area contributed by atoms with Gasteiger partial charge in [-0.1, -0.05) is 11.6 Å². The van der Waals surface area contributed by atoms with Crippen LogP contribution in [-0.4, -0.2) is 58.8 Å². The summed E-state index contributed by atoms with van der Waals surface area (Å²) in [5.41, 5.74) is 2.04. The Morgan fingerprint density at radius 1 is 1.32 bits per heavy atom. The number of anilines is 1. The second-order valence-electron chi connectivity index (χ2n) is 7.69. The van der Waals surface area contributed by atoms with Crippen LogP contribution < -0.4 is 5.32 Å². The Hall–Kier alpha value is -2.71. The van der Waals surface area contributed by atoms with Crippen LogP contribution in [0.25, 0.3) is 0 Å². The number of pyridine rings is 1. The Bertz CT molecular complexity index is 971. The zero-order valence-electron chi connectivity index (χ0n) is 18.0. The normalized spacial score (nSPS) is 16.7. The molecular weight excluding hydrogens is 420 g/mol. The monoisotopic (exact) mass is 446 g/mol. The number of aromatic amines is 1. The van der Waals surface area contributed by atoms with E-state index < -0.39 is 5.97 Å². The third-order valence-electron chi connectivity index (χ3n) is 5.42. The van der Waals surface area contributed by atoms with Crippen LogP contribution >= 0.6 is 11.6 Å². The van der Waals surface area contributed by atoms with Gasteiger partial charge in [-0.3, -0.25) is 14.5 Å². The van der Waals surface area contributed by atoms with Crippen molar-refractivity contribution in [1.29, 1.82) is 0 Å². The van der Waals surface area contributed by atoms with E-state index >= 15 is 0 Å². The molecule has 3 heterocycles. The molecule has 1 fully saturated rings. The molecular formula is C22H27ClN4O4. The molecule has 1 aliphatic rings. The molecule has 166 valence electrons. The Balaban J connectivity index is 1.63. The molecule has 2 aromatic heterocycles. The number of nitrogens with zero attached hydrogens (tertiary/aromatic N) is 2. The molecule has 0 aromatic carbocycles. The molecule has 8 nitrogen and oxygen atoms in total. The molecule has 0 bridgehead atoms. The second kappa shape index (κ2) is 10.1. The predicted octanol–water partition coefficient (Wildman–Crippen LogP) is 3.39. The minimum absolute atomic E-state index is 0.114. The highest BCUT2D eigenvalue weighted by atomic mass is 35.5. The van der Waals surface area contributed by atoms with Gasteiger partial charge in [-0.05, 0) is 57.9 Å². The Morgan fingerprint density at radius 3 is 2.77 bits per heavy atom. The maximum absolute atomic E-state index is 12.9. The van der Waals surface area contributed by atoms with E-state index in [1.54, 1.807) is 32.9 Å². The number of ether oxygens (including phenoxy) is 1. The molecule has 2 aromatic rings. The van der Waals surface area contributed by atoms with Crippen molar-refractivity contribution >= 4 is 35.1 Å². The molecule has 0 radical (unpaired) electrons. The van der Waals surface area contributed by atoms with Crippen LogP contribution in [0.2, 0.25) is 5.02 Å². The number of rotatable bonds is 7. The smallest absolute Gasteiger partial charge is 0.340 e. The first-order chi connectivity index (χ1) is 14.8. The lowest BCUT2D eigenvalue weighted by Gasteiger charge is -2.31. The Morgan fingerprint density at radius 2 is 2.10 bits per heavy atom. The van der Waals surface area contributed by atoms with Crippen molar-refractivity contribution in [3.63, 3.8) is 0 Å². The van der Waals surface area contributed by atoms with Crippen LogP contribution in [0.15, 0.2) is 18.3 Å². The fourth-order valence-corrected chi connectivity index (χ4v) is 4.02. The van der Waals surface area contributed by atoms with E-state index in [0.717, 1.165) is 19.4 Å². The number of halogens is 1. The zero-order chi connectivity index (χ0) is 22.5. The number of nitrogens with one attached hydrogen (secondary N) is 2.